The third-order valence-corrected chi connectivity index (χ3v) is 3.33. The molecular formula is C14H14N2O. The van der Waals surface area contributed by atoms with Gasteiger partial charge < -0.3 is 5.32 Å². The maximum absolute atomic E-state index is 11.8. The van der Waals surface area contributed by atoms with Crippen LogP contribution in [0.5, 0.6) is 0 Å². The second-order valence-electron chi connectivity index (χ2n) is 4.51. The van der Waals surface area contributed by atoms with E-state index < -0.39 is 0 Å². The SMILES string of the molecule is O=C(Nc1ccc2ccccc2n1)C1CCC1. The molecule has 0 radical (unpaired) electrons. The van der Waals surface area contributed by atoms with Gasteiger partial charge in [0.15, 0.2) is 0 Å². The third kappa shape index (κ3) is 2.00. The fourth-order valence-corrected chi connectivity index (χ4v) is 2.03. The van der Waals surface area contributed by atoms with Gasteiger partial charge in [-0.1, -0.05) is 24.6 Å². The van der Waals surface area contributed by atoms with Crippen molar-refractivity contribution in [3.63, 3.8) is 0 Å². The minimum absolute atomic E-state index is 0.110. The predicted octanol–water partition coefficient (Wildman–Crippen LogP) is 2.97. The van der Waals surface area contributed by atoms with Gasteiger partial charge in [0.2, 0.25) is 5.91 Å². The number of benzene rings is 1. The Morgan fingerprint density at radius 2 is 2.00 bits per heavy atom. The third-order valence-electron chi connectivity index (χ3n) is 3.33. The second-order valence-corrected chi connectivity index (χ2v) is 4.51. The molecule has 1 aromatic heterocycles. The molecule has 3 nitrogen and oxygen atoms in total. The lowest BCUT2D eigenvalue weighted by atomic mass is 9.85. The number of anilines is 1. The van der Waals surface area contributed by atoms with Crippen LogP contribution in [0.1, 0.15) is 19.3 Å². The van der Waals surface area contributed by atoms with Gasteiger partial charge >= 0.3 is 0 Å². The second kappa shape index (κ2) is 4.17. The molecule has 0 unspecified atom stereocenters. The van der Waals surface area contributed by atoms with Crippen LogP contribution in [0.3, 0.4) is 0 Å². The Bertz CT molecular complexity index is 561. The van der Waals surface area contributed by atoms with Gasteiger partial charge in [0.05, 0.1) is 5.52 Å². The molecule has 1 amide bonds. The quantitative estimate of drug-likeness (QED) is 0.855. The Hall–Kier alpha value is -1.90. The molecule has 3 rings (SSSR count). The van der Waals surface area contributed by atoms with Crippen LogP contribution in [0.25, 0.3) is 10.9 Å². The van der Waals surface area contributed by atoms with E-state index in [1.54, 1.807) is 0 Å². The van der Waals surface area contributed by atoms with Crippen LogP contribution >= 0.6 is 0 Å². The number of nitrogens with zero attached hydrogens (tertiary/aromatic N) is 1. The largest absolute Gasteiger partial charge is 0.310 e. The van der Waals surface area contributed by atoms with E-state index in [9.17, 15) is 4.79 Å². The minimum Gasteiger partial charge on any atom is -0.310 e. The summed E-state index contributed by atoms with van der Waals surface area (Å²) in [6, 6.07) is 11.7. The zero-order chi connectivity index (χ0) is 11.7. The first-order chi connectivity index (χ1) is 8.33. The number of hydrogen-bond acceptors (Lipinski definition) is 2. The van der Waals surface area contributed by atoms with Crippen molar-refractivity contribution in [3.05, 3.63) is 36.4 Å². The summed E-state index contributed by atoms with van der Waals surface area (Å²) in [4.78, 5) is 16.2. The number of aromatic nitrogens is 1. The molecule has 0 spiro atoms. The van der Waals surface area contributed by atoms with Crippen molar-refractivity contribution in [2.45, 2.75) is 19.3 Å². The van der Waals surface area contributed by atoms with E-state index in [2.05, 4.69) is 10.3 Å². The number of rotatable bonds is 2. The van der Waals surface area contributed by atoms with Crippen molar-refractivity contribution in [2.24, 2.45) is 5.92 Å². The average Bonchev–Trinajstić information content (AvgIpc) is 2.26. The van der Waals surface area contributed by atoms with E-state index in [4.69, 9.17) is 0 Å². The first kappa shape index (κ1) is 10.3. The highest BCUT2D eigenvalue weighted by molar-refractivity contribution is 5.93. The van der Waals surface area contributed by atoms with Gasteiger partial charge in [-0.2, -0.15) is 0 Å². The number of carbonyl (C=O) groups is 1. The van der Waals surface area contributed by atoms with Gasteiger partial charge in [-0.05, 0) is 31.0 Å². The number of carbonyl (C=O) groups excluding carboxylic acids is 1. The molecule has 3 heteroatoms. The molecule has 86 valence electrons. The maximum atomic E-state index is 11.8. The number of pyridine rings is 1. The molecule has 2 aromatic rings. The molecule has 1 N–H and O–H groups in total. The fraction of sp³-hybridized carbons (Fsp3) is 0.286. The van der Waals surface area contributed by atoms with Crippen LogP contribution in [0.4, 0.5) is 5.82 Å². The van der Waals surface area contributed by atoms with E-state index in [0.29, 0.717) is 5.82 Å². The molecular weight excluding hydrogens is 212 g/mol. The molecule has 1 aliphatic rings. The topological polar surface area (TPSA) is 42.0 Å². The monoisotopic (exact) mass is 226 g/mol. The highest BCUT2D eigenvalue weighted by Gasteiger charge is 2.25. The molecule has 1 heterocycles. The Morgan fingerprint density at radius 1 is 1.18 bits per heavy atom. The summed E-state index contributed by atoms with van der Waals surface area (Å²) in [6.07, 6.45) is 3.20. The number of amides is 1. The van der Waals surface area contributed by atoms with E-state index in [-0.39, 0.29) is 11.8 Å². The van der Waals surface area contributed by atoms with Crippen molar-refractivity contribution >= 4 is 22.6 Å². The number of para-hydroxylation sites is 1. The van der Waals surface area contributed by atoms with Crippen molar-refractivity contribution in [1.82, 2.24) is 4.98 Å². The summed E-state index contributed by atoms with van der Waals surface area (Å²) in [6.45, 7) is 0. The summed E-state index contributed by atoms with van der Waals surface area (Å²) in [5.74, 6) is 0.961. The summed E-state index contributed by atoms with van der Waals surface area (Å²) in [7, 11) is 0. The summed E-state index contributed by atoms with van der Waals surface area (Å²) < 4.78 is 0. The fourth-order valence-electron chi connectivity index (χ4n) is 2.03. The molecule has 1 fully saturated rings. The van der Waals surface area contributed by atoms with Crippen molar-refractivity contribution in [3.8, 4) is 0 Å². The zero-order valence-corrected chi connectivity index (χ0v) is 9.52. The molecule has 0 saturated heterocycles. The van der Waals surface area contributed by atoms with E-state index in [1.807, 2.05) is 36.4 Å². The van der Waals surface area contributed by atoms with Gasteiger partial charge in [-0.3, -0.25) is 4.79 Å². The standard InChI is InChI=1S/C14H14N2O/c17-14(11-5-3-6-11)16-13-9-8-10-4-1-2-7-12(10)15-13/h1-2,4,7-9,11H,3,5-6H2,(H,15,16,17). The van der Waals surface area contributed by atoms with Crippen molar-refractivity contribution in [1.29, 1.82) is 0 Å². The van der Waals surface area contributed by atoms with E-state index in [1.165, 1.54) is 6.42 Å². The van der Waals surface area contributed by atoms with Crippen LogP contribution in [0.15, 0.2) is 36.4 Å². The number of fused-ring (bicyclic) bond motifs is 1. The summed E-state index contributed by atoms with van der Waals surface area (Å²) in [5, 5.41) is 3.98. The Kier molecular flexibility index (Phi) is 2.52. The van der Waals surface area contributed by atoms with Crippen LogP contribution < -0.4 is 5.32 Å². The number of hydrogen-bond donors (Lipinski definition) is 1. The summed E-state index contributed by atoms with van der Waals surface area (Å²) >= 11 is 0. The molecule has 0 aliphatic heterocycles. The van der Waals surface area contributed by atoms with Crippen molar-refractivity contribution < 1.29 is 4.79 Å². The molecule has 1 aliphatic carbocycles. The first-order valence-electron chi connectivity index (χ1n) is 5.99. The molecule has 1 aromatic carbocycles. The highest BCUT2D eigenvalue weighted by atomic mass is 16.2. The Balaban J connectivity index is 1.82. The van der Waals surface area contributed by atoms with Crippen LogP contribution in [0.2, 0.25) is 0 Å². The number of nitrogens with one attached hydrogen (secondary N) is 1. The Morgan fingerprint density at radius 3 is 2.76 bits per heavy atom. The molecule has 0 atom stereocenters. The van der Waals surface area contributed by atoms with Gasteiger partial charge in [-0.15, -0.1) is 0 Å². The first-order valence-corrected chi connectivity index (χ1v) is 5.99. The van der Waals surface area contributed by atoms with Gasteiger partial charge in [0, 0.05) is 11.3 Å². The lowest BCUT2D eigenvalue weighted by Gasteiger charge is -2.23. The highest BCUT2D eigenvalue weighted by Crippen LogP contribution is 2.27. The predicted molar refractivity (Wildman–Crippen MR) is 67.7 cm³/mol. The lowest BCUT2D eigenvalue weighted by Crippen LogP contribution is -2.28. The van der Waals surface area contributed by atoms with Crippen LogP contribution in [0, 0.1) is 5.92 Å². The Labute approximate surface area is 99.9 Å². The van der Waals surface area contributed by atoms with E-state index in [0.717, 1.165) is 23.7 Å². The summed E-state index contributed by atoms with van der Waals surface area (Å²) in [5.41, 5.74) is 0.916. The van der Waals surface area contributed by atoms with Crippen LogP contribution in [-0.2, 0) is 4.79 Å². The van der Waals surface area contributed by atoms with Crippen LogP contribution in [-0.4, -0.2) is 10.9 Å². The lowest BCUT2D eigenvalue weighted by molar-refractivity contribution is -0.122. The average molecular weight is 226 g/mol. The minimum atomic E-state index is 0.110. The molecule has 1 saturated carbocycles. The molecule has 17 heavy (non-hydrogen) atoms. The van der Waals surface area contributed by atoms with E-state index >= 15 is 0 Å². The molecule has 0 bridgehead atoms. The van der Waals surface area contributed by atoms with Crippen molar-refractivity contribution in [2.75, 3.05) is 5.32 Å². The van der Waals surface area contributed by atoms with Gasteiger partial charge in [0.1, 0.15) is 5.82 Å². The smallest absolute Gasteiger partial charge is 0.228 e. The maximum Gasteiger partial charge on any atom is 0.228 e. The van der Waals surface area contributed by atoms with Gasteiger partial charge in [-0.25, -0.2) is 4.98 Å². The van der Waals surface area contributed by atoms with Gasteiger partial charge in [0.25, 0.3) is 0 Å². The zero-order valence-electron chi connectivity index (χ0n) is 9.52. The normalized spacial score (nSPS) is 15.5.